The van der Waals surface area contributed by atoms with Gasteiger partial charge in [-0.25, -0.2) is 9.97 Å². The van der Waals surface area contributed by atoms with Crippen molar-refractivity contribution in [2.45, 2.75) is 13.3 Å². The summed E-state index contributed by atoms with van der Waals surface area (Å²) >= 11 is 18.4. The maximum Gasteiger partial charge on any atom is 0.179 e. The van der Waals surface area contributed by atoms with Gasteiger partial charge in [-0.2, -0.15) is 0 Å². The lowest BCUT2D eigenvalue weighted by Gasteiger charge is -2.11. The van der Waals surface area contributed by atoms with Crippen LogP contribution in [0.1, 0.15) is 12.0 Å². The van der Waals surface area contributed by atoms with Crippen LogP contribution in [0.3, 0.4) is 0 Å². The zero-order valence-corrected chi connectivity index (χ0v) is 13.4. The standard InChI is InChI=1S/C14H11Cl3N2O2/c1-7-12(16)18-14(19-13(7)17)8-5-9(15)11-10(6-8)20-3-2-4-21-11/h5-6H,2-4H2,1H3. The molecule has 1 aromatic carbocycles. The molecule has 2 heterocycles. The molecule has 0 atom stereocenters. The van der Waals surface area contributed by atoms with E-state index in [1.165, 1.54) is 0 Å². The molecule has 4 nitrogen and oxygen atoms in total. The molecular weight excluding hydrogens is 335 g/mol. The van der Waals surface area contributed by atoms with Gasteiger partial charge in [0.25, 0.3) is 0 Å². The Hall–Kier alpha value is -1.23. The zero-order valence-electron chi connectivity index (χ0n) is 11.1. The smallest absolute Gasteiger partial charge is 0.179 e. The minimum atomic E-state index is 0.313. The average Bonchev–Trinajstić information content (AvgIpc) is 2.69. The van der Waals surface area contributed by atoms with E-state index in [0.717, 1.165) is 6.42 Å². The molecule has 0 aliphatic carbocycles. The summed E-state index contributed by atoms with van der Waals surface area (Å²) in [6.07, 6.45) is 0.805. The third-order valence-electron chi connectivity index (χ3n) is 3.09. The number of hydrogen-bond donors (Lipinski definition) is 0. The highest BCUT2D eigenvalue weighted by Crippen LogP contribution is 2.40. The summed E-state index contributed by atoms with van der Waals surface area (Å²) in [6.45, 7) is 2.91. The molecule has 0 bridgehead atoms. The Labute approximate surface area is 137 Å². The van der Waals surface area contributed by atoms with E-state index in [2.05, 4.69) is 9.97 Å². The highest BCUT2D eigenvalue weighted by atomic mass is 35.5. The Morgan fingerprint density at radius 3 is 2.38 bits per heavy atom. The summed E-state index contributed by atoms with van der Waals surface area (Å²) in [5.74, 6) is 1.52. The summed E-state index contributed by atoms with van der Waals surface area (Å²) in [6, 6.07) is 3.50. The molecule has 2 aromatic rings. The predicted molar refractivity (Wildman–Crippen MR) is 82.8 cm³/mol. The van der Waals surface area contributed by atoms with Crippen LogP contribution in [-0.4, -0.2) is 23.2 Å². The van der Waals surface area contributed by atoms with E-state index in [1.807, 2.05) is 0 Å². The molecule has 3 rings (SSSR count). The molecule has 1 aliphatic rings. The zero-order chi connectivity index (χ0) is 15.0. The quantitative estimate of drug-likeness (QED) is 0.710. The van der Waals surface area contributed by atoms with Crippen LogP contribution in [0.2, 0.25) is 15.3 Å². The lowest BCUT2D eigenvalue weighted by atomic mass is 10.2. The second kappa shape index (κ2) is 5.87. The van der Waals surface area contributed by atoms with Gasteiger partial charge < -0.3 is 9.47 Å². The van der Waals surface area contributed by atoms with Gasteiger partial charge in [0.05, 0.1) is 18.2 Å². The maximum atomic E-state index is 6.25. The fourth-order valence-corrected chi connectivity index (χ4v) is 2.61. The molecule has 21 heavy (non-hydrogen) atoms. The van der Waals surface area contributed by atoms with Crippen molar-refractivity contribution >= 4 is 34.8 Å². The molecule has 7 heteroatoms. The van der Waals surface area contributed by atoms with E-state index in [9.17, 15) is 0 Å². The molecular formula is C14H11Cl3N2O2. The number of ether oxygens (including phenoxy) is 2. The first-order valence-electron chi connectivity index (χ1n) is 6.35. The van der Waals surface area contributed by atoms with Gasteiger partial charge in [0.2, 0.25) is 0 Å². The highest BCUT2D eigenvalue weighted by molar-refractivity contribution is 6.34. The van der Waals surface area contributed by atoms with Gasteiger partial charge in [-0.05, 0) is 19.1 Å². The third kappa shape index (κ3) is 2.89. The van der Waals surface area contributed by atoms with E-state index in [0.29, 0.717) is 57.0 Å². The van der Waals surface area contributed by atoms with Gasteiger partial charge >= 0.3 is 0 Å². The molecule has 1 aliphatic heterocycles. The second-order valence-corrected chi connectivity index (χ2v) is 5.71. The Bertz CT molecular complexity index is 684. The van der Waals surface area contributed by atoms with E-state index >= 15 is 0 Å². The minimum absolute atomic E-state index is 0.313. The van der Waals surface area contributed by atoms with Crippen molar-refractivity contribution in [2.75, 3.05) is 13.2 Å². The lowest BCUT2D eigenvalue weighted by Crippen LogP contribution is -1.97. The number of aromatic nitrogens is 2. The van der Waals surface area contributed by atoms with Crippen molar-refractivity contribution in [1.82, 2.24) is 9.97 Å². The Kier molecular flexibility index (Phi) is 4.11. The Morgan fingerprint density at radius 1 is 1.00 bits per heavy atom. The maximum absolute atomic E-state index is 6.25. The molecule has 0 radical (unpaired) electrons. The van der Waals surface area contributed by atoms with E-state index in [-0.39, 0.29) is 0 Å². The topological polar surface area (TPSA) is 44.2 Å². The number of rotatable bonds is 1. The van der Waals surface area contributed by atoms with Gasteiger partial charge in [0.1, 0.15) is 10.3 Å². The van der Waals surface area contributed by atoms with Crippen LogP contribution in [0.5, 0.6) is 11.5 Å². The van der Waals surface area contributed by atoms with Crippen LogP contribution in [0.25, 0.3) is 11.4 Å². The molecule has 0 unspecified atom stereocenters. The van der Waals surface area contributed by atoms with E-state index < -0.39 is 0 Å². The number of nitrogens with zero attached hydrogens (tertiary/aromatic N) is 2. The second-order valence-electron chi connectivity index (χ2n) is 4.59. The van der Waals surface area contributed by atoms with E-state index in [4.69, 9.17) is 44.3 Å². The first-order chi connectivity index (χ1) is 10.1. The van der Waals surface area contributed by atoms with Crippen molar-refractivity contribution in [3.8, 4) is 22.9 Å². The van der Waals surface area contributed by atoms with Crippen molar-refractivity contribution in [3.63, 3.8) is 0 Å². The number of benzene rings is 1. The molecule has 110 valence electrons. The number of fused-ring (bicyclic) bond motifs is 1. The third-order valence-corrected chi connectivity index (χ3v) is 4.10. The normalized spacial score (nSPS) is 13.9. The number of halogens is 3. The Morgan fingerprint density at radius 2 is 1.67 bits per heavy atom. The molecule has 0 N–H and O–H groups in total. The van der Waals surface area contributed by atoms with Crippen molar-refractivity contribution in [2.24, 2.45) is 0 Å². The lowest BCUT2D eigenvalue weighted by molar-refractivity contribution is 0.297. The fraction of sp³-hybridized carbons (Fsp3) is 0.286. The molecule has 0 saturated heterocycles. The molecule has 0 amide bonds. The SMILES string of the molecule is Cc1c(Cl)nc(-c2cc(Cl)c3c(c2)OCCCO3)nc1Cl. The van der Waals surface area contributed by atoms with Gasteiger partial charge in [-0.1, -0.05) is 34.8 Å². The van der Waals surface area contributed by atoms with Crippen molar-refractivity contribution in [3.05, 3.63) is 33.0 Å². The van der Waals surface area contributed by atoms with Gasteiger partial charge in [-0.15, -0.1) is 0 Å². The van der Waals surface area contributed by atoms with Crippen LogP contribution in [0.4, 0.5) is 0 Å². The summed E-state index contributed by atoms with van der Waals surface area (Å²) < 4.78 is 11.2. The van der Waals surface area contributed by atoms with Crippen molar-refractivity contribution < 1.29 is 9.47 Å². The molecule has 0 saturated carbocycles. The van der Waals surface area contributed by atoms with Crippen LogP contribution in [-0.2, 0) is 0 Å². The summed E-state index contributed by atoms with van der Waals surface area (Å²) in [4.78, 5) is 8.46. The first kappa shape index (κ1) is 14.7. The van der Waals surface area contributed by atoms with E-state index in [1.54, 1.807) is 19.1 Å². The van der Waals surface area contributed by atoms with Crippen LogP contribution in [0.15, 0.2) is 12.1 Å². The molecule has 0 fully saturated rings. The fourth-order valence-electron chi connectivity index (χ4n) is 1.95. The molecule has 1 aromatic heterocycles. The summed E-state index contributed by atoms with van der Waals surface area (Å²) in [5, 5.41) is 1.07. The van der Waals surface area contributed by atoms with Crippen LogP contribution >= 0.6 is 34.8 Å². The Balaban J connectivity index is 2.11. The highest BCUT2D eigenvalue weighted by Gasteiger charge is 2.18. The largest absolute Gasteiger partial charge is 0.489 e. The molecule has 0 spiro atoms. The minimum Gasteiger partial charge on any atom is -0.489 e. The first-order valence-corrected chi connectivity index (χ1v) is 7.49. The van der Waals surface area contributed by atoms with Gasteiger partial charge in [0.15, 0.2) is 17.3 Å². The van der Waals surface area contributed by atoms with Gasteiger partial charge in [-0.3, -0.25) is 0 Å². The summed E-state index contributed by atoms with van der Waals surface area (Å²) in [5.41, 5.74) is 1.32. The van der Waals surface area contributed by atoms with Crippen LogP contribution in [0, 0.1) is 6.92 Å². The number of hydrogen-bond acceptors (Lipinski definition) is 4. The van der Waals surface area contributed by atoms with Crippen LogP contribution < -0.4 is 9.47 Å². The average molecular weight is 346 g/mol. The van der Waals surface area contributed by atoms with Crippen molar-refractivity contribution in [1.29, 1.82) is 0 Å². The van der Waals surface area contributed by atoms with Gasteiger partial charge in [0, 0.05) is 17.5 Å². The summed E-state index contributed by atoms with van der Waals surface area (Å²) in [7, 11) is 0. The monoisotopic (exact) mass is 344 g/mol. The predicted octanol–water partition coefficient (Wildman–Crippen LogP) is 4.57.